The lowest BCUT2D eigenvalue weighted by molar-refractivity contribution is -0.148. The number of primary amides is 1. The fourth-order valence-corrected chi connectivity index (χ4v) is 3.83. The molecule has 0 aliphatic heterocycles. The second kappa shape index (κ2) is 7.97. The van der Waals surface area contributed by atoms with Gasteiger partial charge in [-0.1, -0.05) is 72.3 Å². The number of esters is 1. The highest BCUT2D eigenvalue weighted by molar-refractivity contribution is 6.30. The largest absolute Gasteiger partial charge is 0.452 e. The highest BCUT2D eigenvalue weighted by atomic mass is 35.5. The van der Waals surface area contributed by atoms with Crippen LogP contribution in [0.25, 0.3) is 11.1 Å². The second-order valence-electron chi connectivity index (χ2n) is 6.86. The molecule has 0 aromatic heterocycles. The van der Waals surface area contributed by atoms with Gasteiger partial charge in [0.05, 0.1) is 12.5 Å². The van der Waals surface area contributed by atoms with Gasteiger partial charge in [0.25, 0.3) is 0 Å². The molecule has 3 aromatic rings. The molecule has 0 saturated heterocycles. The molecular formula is C23H19ClN2O3. The van der Waals surface area contributed by atoms with E-state index in [2.05, 4.69) is 5.32 Å². The number of ether oxygens (including phenoxy) is 1. The summed E-state index contributed by atoms with van der Waals surface area (Å²) in [6.07, 6.45) is -0.528. The number of rotatable bonds is 5. The van der Waals surface area contributed by atoms with Gasteiger partial charge in [-0.3, -0.25) is 4.79 Å². The van der Waals surface area contributed by atoms with Gasteiger partial charge >= 0.3 is 12.0 Å². The first kappa shape index (κ1) is 19.0. The molecule has 3 N–H and O–H groups in total. The molecule has 6 heteroatoms. The van der Waals surface area contributed by atoms with E-state index >= 15 is 0 Å². The maximum absolute atomic E-state index is 12.8. The van der Waals surface area contributed by atoms with Crippen LogP contribution in [0, 0.1) is 0 Å². The van der Waals surface area contributed by atoms with E-state index in [-0.39, 0.29) is 6.42 Å². The molecule has 0 unspecified atom stereocenters. The van der Waals surface area contributed by atoms with Crippen molar-refractivity contribution in [3.05, 3.63) is 94.5 Å². The van der Waals surface area contributed by atoms with Crippen LogP contribution in [-0.4, -0.2) is 12.0 Å². The van der Waals surface area contributed by atoms with Gasteiger partial charge in [0.15, 0.2) is 6.10 Å². The van der Waals surface area contributed by atoms with Crippen LogP contribution in [0.1, 0.15) is 35.3 Å². The maximum atomic E-state index is 12.8. The third-order valence-electron chi connectivity index (χ3n) is 4.99. The minimum atomic E-state index is -0.714. The summed E-state index contributed by atoms with van der Waals surface area (Å²) in [5, 5.41) is 3.17. The van der Waals surface area contributed by atoms with Crippen molar-refractivity contribution < 1.29 is 14.3 Å². The first-order chi connectivity index (χ1) is 14.0. The lowest BCUT2D eigenvalue weighted by atomic mass is 10.0. The molecule has 0 heterocycles. The Kier molecular flexibility index (Phi) is 5.23. The van der Waals surface area contributed by atoms with Gasteiger partial charge in [0.2, 0.25) is 0 Å². The van der Waals surface area contributed by atoms with E-state index in [1.54, 1.807) is 24.3 Å². The number of carbonyl (C=O) groups is 2. The Balaban J connectivity index is 1.57. The monoisotopic (exact) mass is 406 g/mol. The number of urea groups is 1. The van der Waals surface area contributed by atoms with Crippen molar-refractivity contribution in [2.45, 2.75) is 18.6 Å². The molecule has 29 heavy (non-hydrogen) atoms. The summed E-state index contributed by atoms with van der Waals surface area (Å²) < 4.78 is 5.86. The van der Waals surface area contributed by atoms with Gasteiger partial charge < -0.3 is 15.8 Å². The minimum absolute atomic E-state index is 0.0502. The van der Waals surface area contributed by atoms with E-state index < -0.39 is 24.1 Å². The number of hydrogen-bond acceptors (Lipinski definition) is 3. The number of hydrogen-bond donors (Lipinski definition) is 2. The van der Waals surface area contributed by atoms with Crippen molar-refractivity contribution in [2.24, 2.45) is 5.73 Å². The molecule has 1 atom stereocenters. The Bertz CT molecular complexity index is 1020. The first-order valence-electron chi connectivity index (χ1n) is 9.22. The Hall–Kier alpha value is -3.31. The van der Waals surface area contributed by atoms with Crippen LogP contribution in [0.5, 0.6) is 0 Å². The zero-order valence-corrected chi connectivity index (χ0v) is 16.2. The molecule has 2 amide bonds. The standard InChI is InChI=1S/C23H19ClN2O3/c24-15-11-9-14(10-12-15)20(26-23(25)28)13-21(27)29-22-18-7-3-1-5-16(18)17-6-2-4-8-19(17)22/h1-12,20,22H,13H2,(H3,25,26,28)/t20-/m0/s1. The molecule has 1 aliphatic carbocycles. The van der Waals surface area contributed by atoms with E-state index in [0.717, 1.165) is 27.8 Å². The quantitative estimate of drug-likeness (QED) is 0.600. The lowest BCUT2D eigenvalue weighted by Gasteiger charge is -2.20. The predicted molar refractivity (Wildman–Crippen MR) is 111 cm³/mol. The fraction of sp³-hybridized carbons (Fsp3) is 0.130. The first-order valence-corrected chi connectivity index (χ1v) is 9.60. The second-order valence-corrected chi connectivity index (χ2v) is 7.30. The molecule has 0 spiro atoms. The van der Waals surface area contributed by atoms with Crippen molar-refractivity contribution in [2.75, 3.05) is 0 Å². The van der Waals surface area contributed by atoms with E-state index in [9.17, 15) is 9.59 Å². The molecule has 4 rings (SSSR count). The minimum Gasteiger partial charge on any atom is -0.452 e. The smallest absolute Gasteiger partial charge is 0.312 e. The summed E-state index contributed by atoms with van der Waals surface area (Å²) >= 11 is 5.93. The van der Waals surface area contributed by atoms with Gasteiger partial charge in [0, 0.05) is 16.1 Å². The Labute approximate surface area is 173 Å². The Morgan fingerprint density at radius 1 is 0.931 bits per heavy atom. The summed E-state index contributed by atoms with van der Waals surface area (Å²) in [5.74, 6) is -0.435. The van der Waals surface area contributed by atoms with Gasteiger partial charge in [0.1, 0.15) is 0 Å². The third kappa shape index (κ3) is 3.96. The van der Waals surface area contributed by atoms with E-state index in [1.807, 2.05) is 48.5 Å². The molecule has 0 saturated carbocycles. The number of carbonyl (C=O) groups excluding carboxylic acids is 2. The summed E-state index contributed by atoms with van der Waals surface area (Å²) in [6.45, 7) is 0. The van der Waals surface area contributed by atoms with Crippen LogP contribution in [-0.2, 0) is 9.53 Å². The number of halogens is 1. The SMILES string of the molecule is NC(=O)N[C@@H](CC(=O)OC1c2ccccc2-c2ccccc21)c1ccc(Cl)cc1. The van der Waals surface area contributed by atoms with Crippen molar-refractivity contribution >= 4 is 23.6 Å². The van der Waals surface area contributed by atoms with Gasteiger partial charge in [-0.25, -0.2) is 4.79 Å². The molecule has 146 valence electrons. The zero-order chi connectivity index (χ0) is 20.4. The maximum Gasteiger partial charge on any atom is 0.312 e. The van der Waals surface area contributed by atoms with Crippen LogP contribution in [0.4, 0.5) is 4.79 Å². The topological polar surface area (TPSA) is 81.4 Å². The number of nitrogens with two attached hydrogens (primary N) is 1. The fourth-order valence-electron chi connectivity index (χ4n) is 3.70. The number of amides is 2. The number of fused-ring (bicyclic) bond motifs is 3. The van der Waals surface area contributed by atoms with Crippen molar-refractivity contribution in [3.8, 4) is 11.1 Å². The third-order valence-corrected chi connectivity index (χ3v) is 5.24. The van der Waals surface area contributed by atoms with Crippen LogP contribution in [0.2, 0.25) is 5.02 Å². The molecule has 0 radical (unpaired) electrons. The van der Waals surface area contributed by atoms with E-state index in [1.165, 1.54) is 0 Å². The average Bonchev–Trinajstić information content (AvgIpc) is 3.02. The van der Waals surface area contributed by atoms with E-state index in [4.69, 9.17) is 22.1 Å². The van der Waals surface area contributed by atoms with Crippen molar-refractivity contribution in [3.63, 3.8) is 0 Å². The summed E-state index contributed by atoms with van der Waals surface area (Å²) in [4.78, 5) is 24.2. The Morgan fingerprint density at radius 2 is 1.48 bits per heavy atom. The van der Waals surface area contributed by atoms with Crippen LogP contribution < -0.4 is 11.1 Å². The number of nitrogens with one attached hydrogen (secondary N) is 1. The highest BCUT2D eigenvalue weighted by Gasteiger charge is 2.31. The summed E-state index contributed by atoms with van der Waals surface area (Å²) in [6, 6.07) is 21.3. The number of benzene rings is 3. The van der Waals surface area contributed by atoms with Gasteiger partial charge in [-0.15, -0.1) is 0 Å². The molecular weight excluding hydrogens is 388 g/mol. The zero-order valence-electron chi connectivity index (χ0n) is 15.5. The summed E-state index contributed by atoms with van der Waals surface area (Å²) in [7, 11) is 0. The predicted octanol–water partition coefficient (Wildman–Crippen LogP) is 4.75. The van der Waals surface area contributed by atoms with Crippen molar-refractivity contribution in [1.29, 1.82) is 0 Å². The summed E-state index contributed by atoms with van der Waals surface area (Å²) in [5.41, 5.74) is 10.0. The van der Waals surface area contributed by atoms with Gasteiger partial charge in [-0.2, -0.15) is 0 Å². The van der Waals surface area contributed by atoms with Crippen LogP contribution >= 0.6 is 11.6 Å². The van der Waals surface area contributed by atoms with Gasteiger partial charge in [-0.05, 0) is 28.8 Å². The van der Waals surface area contributed by atoms with E-state index in [0.29, 0.717) is 5.02 Å². The lowest BCUT2D eigenvalue weighted by Crippen LogP contribution is -2.34. The molecule has 5 nitrogen and oxygen atoms in total. The molecule has 0 fully saturated rings. The molecule has 0 bridgehead atoms. The van der Waals surface area contributed by atoms with Crippen molar-refractivity contribution in [1.82, 2.24) is 5.32 Å². The molecule has 3 aromatic carbocycles. The average molecular weight is 407 g/mol. The highest BCUT2D eigenvalue weighted by Crippen LogP contribution is 2.45. The normalized spacial score (nSPS) is 13.3. The molecule has 1 aliphatic rings. The van der Waals surface area contributed by atoms with Crippen LogP contribution in [0.3, 0.4) is 0 Å². The Morgan fingerprint density at radius 3 is 2.03 bits per heavy atom. The van der Waals surface area contributed by atoms with Crippen LogP contribution in [0.15, 0.2) is 72.8 Å².